The Morgan fingerprint density at radius 1 is 1.14 bits per heavy atom. The second-order valence-corrected chi connectivity index (χ2v) is 5.65. The first kappa shape index (κ1) is 10.8. The second-order valence-electron chi connectivity index (χ2n) is 5.65. The van der Waals surface area contributed by atoms with Crippen molar-refractivity contribution < 1.29 is 0 Å². The minimum atomic E-state index is 0. The molecule has 14 heavy (non-hydrogen) atoms. The fraction of sp³-hybridized carbons (Fsp3) is 1.00. The first-order valence-electron chi connectivity index (χ1n) is 5.92. The lowest BCUT2D eigenvalue weighted by Gasteiger charge is -2.45. The standard InChI is InChI=1S/C12H21N.ClH/c1-13(2)12-7-3-4-11(12)9-5-6-10(12)8-9;/h9-11H,3-8H2,1-2H3;1H/t9-,10-,11+,12+;/m1./s1. The lowest BCUT2D eigenvalue weighted by atomic mass is 9.74. The molecule has 4 atom stereocenters. The summed E-state index contributed by atoms with van der Waals surface area (Å²) in [6, 6.07) is 0. The van der Waals surface area contributed by atoms with Gasteiger partial charge in [-0.15, -0.1) is 12.4 Å². The fourth-order valence-electron chi connectivity index (χ4n) is 4.95. The molecule has 0 aromatic rings. The maximum Gasteiger partial charge on any atom is 0.0262 e. The van der Waals surface area contributed by atoms with Gasteiger partial charge in [0.2, 0.25) is 0 Å². The molecule has 0 heterocycles. The molecule has 3 saturated carbocycles. The van der Waals surface area contributed by atoms with Gasteiger partial charge < -0.3 is 4.90 Å². The number of fused-ring (bicyclic) bond motifs is 5. The molecular weight excluding hydrogens is 194 g/mol. The highest BCUT2D eigenvalue weighted by Crippen LogP contribution is 2.62. The summed E-state index contributed by atoms with van der Waals surface area (Å²) >= 11 is 0. The average Bonchev–Trinajstić information content (AvgIpc) is 2.76. The molecule has 0 saturated heterocycles. The number of hydrogen-bond acceptors (Lipinski definition) is 1. The molecule has 0 aliphatic heterocycles. The van der Waals surface area contributed by atoms with Gasteiger partial charge in [0.25, 0.3) is 0 Å². The summed E-state index contributed by atoms with van der Waals surface area (Å²) in [6.07, 6.45) is 9.15. The molecule has 0 unspecified atom stereocenters. The van der Waals surface area contributed by atoms with E-state index in [4.69, 9.17) is 0 Å². The van der Waals surface area contributed by atoms with Crippen LogP contribution in [0.3, 0.4) is 0 Å². The van der Waals surface area contributed by atoms with Crippen LogP contribution in [0.4, 0.5) is 0 Å². The lowest BCUT2D eigenvalue weighted by Crippen LogP contribution is -2.51. The molecular formula is C12H22ClN. The lowest BCUT2D eigenvalue weighted by molar-refractivity contribution is 0.0487. The Balaban J connectivity index is 0.000000750. The van der Waals surface area contributed by atoms with Crippen LogP contribution in [0, 0.1) is 17.8 Å². The summed E-state index contributed by atoms with van der Waals surface area (Å²) in [5, 5.41) is 0. The molecule has 3 fully saturated rings. The zero-order valence-corrected chi connectivity index (χ0v) is 10.1. The monoisotopic (exact) mass is 215 g/mol. The Kier molecular flexibility index (Phi) is 2.60. The summed E-state index contributed by atoms with van der Waals surface area (Å²) in [5.41, 5.74) is 0.656. The normalized spacial score (nSPS) is 49.5. The zero-order valence-electron chi connectivity index (χ0n) is 9.33. The average molecular weight is 216 g/mol. The van der Waals surface area contributed by atoms with E-state index in [0.29, 0.717) is 5.54 Å². The van der Waals surface area contributed by atoms with Crippen LogP contribution in [-0.4, -0.2) is 24.5 Å². The number of nitrogens with zero attached hydrogens (tertiary/aromatic N) is 1. The van der Waals surface area contributed by atoms with Crippen LogP contribution < -0.4 is 0 Å². The van der Waals surface area contributed by atoms with Crippen LogP contribution in [0.25, 0.3) is 0 Å². The van der Waals surface area contributed by atoms with E-state index in [0.717, 1.165) is 17.8 Å². The molecule has 3 rings (SSSR count). The van der Waals surface area contributed by atoms with Crippen molar-refractivity contribution in [2.75, 3.05) is 14.1 Å². The van der Waals surface area contributed by atoms with Gasteiger partial charge in [-0.3, -0.25) is 0 Å². The molecule has 3 aliphatic carbocycles. The summed E-state index contributed by atoms with van der Waals surface area (Å²) < 4.78 is 0. The molecule has 0 radical (unpaired) electrons. The van der Waals surface area contributed by atoms with E-state index in [-0.39, 0.29) is 12.4 Å². The highest BCUT2D eigenvalue weighted by molar-refractivity contribution is 5.85. The van der Waals surface area contributed by atoms with Gasteiger partial charge in [0.05, 0.1) is 0 Å². The highest BCUT2D eigenvalue weighted by atomic mass is 35.5. The third-order valence-electron chi connectivity index (χ3n) is 5.32. The van der Waals surface area contributed by atoms with Crippen LogP contribution in [0.2, 0.25) is 0 Å². The van der Waals surface area contributed by atoms with Crippen LogP contribution in [-0.2, 0) is 0 Å². The van der Waals surface area contributed by atoms with E-state index in [1.807, 2.05) is 0 Å². The molecule has 2 bridgehead atoms. The molecule has 3 aliphatic rings. The smallest absolute Gasteiger partial charge is 0.0262 e. The molecule has 0 N–H and O–H groups in total. The van der Waals surface area contributed by atoms with Crippen molar-refractivity contribution in [3.63, 3.8) is 0 Å². The Morgan fingerprint density at radius 2 is 1.93 bits per heavy atom. The van der Waals surface area contributed by atoms with Gasteiger partial charge in [0.15, 0.2) is 0 Å². The quantitative estimate of drug-likeness (QED) is 0.650. The molecule has 0 spiro atoms. The summed E-state index contributed by atoms with van der Waals surface area (Å²) in [6.45, 7) is 0. The molecule has 0 amide bonds. The van der Waals surface area contributed by atoms with Crippen LogP contribution >= 0.6 is 12.4 Å². The van der Waals surface area contributed by atoms with Gasteiger partial charge in [-0.1, -0.05) is 6.42 Å². The van der Waals surface area contributed by atoms with Gasteiger partial charge in [0, 0.05) is 5.54 Å². The Labute approximate surface area is 93.6 Å². The van der Waals surface area contributed by atoms with E-state index in [9.17, 15) is 0 Å². The van der Waals surface area contributed by atoms with Crippen LogP contribution in [0.1, 0.15) is 38.5 Å². The molecule has 0 aromatic carbocycles. The van der Waals surface area contributed by atoms with Gasteiger partial charge in [-0.25, -0.2) is 0 Å². The van der Waals surface area contributed by atoms with Gasteiger partial charge >= 0.3 is 0 Å². The van der Waals surface area contributed by atoms with E-state index in [1.165, 1.54) is 25.7 Å². The Bertz CT molecular complexity index is 228. The zero-order chi connectivity index (χ0) is 9.05. The SMILES string of the molecule is CN(C)[C@]12CCC[C@H]1[C@@H]1CC[C@@H]2C1.Cl. The van der Waals surface area contributed by atoms with Gasteiger partial charge in [-0.05, 0) is 64.0 Å². The van der Waals surface area contributed by atoms with Crippen LogP contribution in [0.15, 0.2) is 0 Å². The van der Waals surface area contributed by atoms with Crippen molar-refractivity contribution >= 4 is 12.4 Å². The molecule has 2 heteroatoms. The van der Waals surface area contributed by atoms with Crippen molar-refractivity contribution in [3.8, 4) is 0 Å². The van der Waals surface area contributed by atoms with Crippen molar-refractivity contribution in [2.24, 2.45) is 17.8 Å². The number of hydrogen-bond donors (Lipinski definition) is 0. The molecule has 0 aromatic heterocycles. The van der Waals surface area contributed by atoms with E-state index < -0.39 is 0 Å². The summed E-state index contributed by atoms with van der Waals surface area (Å²) in [7, 11) is 4.64. The highest BCUT2D eigenvalue weighted by Gasteiger charge is 2.60. The summed E-state index contributed by atoms with van der Waals surface area (Å²) in [5.74, 6) is 3.23. The second kappa shape index (κ2) is 3.38. The first-order chi connectivity index (χ1) is 6.25. The number of rotatable bonds is 1. The van der Waals surface area contributed by atoms with Crippen molar-refractivity contribution in [3.05, 3.63) is 0 Å². The van der Waals surface area contributed by atoms with Gasteiger partial charge in [0.1, 0.15) is 0 Å². The third kappa shape index (κ3) is 1.06. The first-order valence-corrected chi connectivity index (χ1v) is 5.92. The summed E-state index contributed by atoms with van der Waals surface area (Å²) in [4.78, 5) is 2.58. The predicted octanol–water partition coefficient (Wildman–Crippen LogP) is 2.94. The minimum absolute atomic E-state index is 0. The third-order valence-corrected chi connectivity index (χ3v) is 5.32. The fourth-order valence-corrected chi connectivity index (χ4v) is 4.95. The van der Waals surface area contributed by atoms with E-state index >= 15 is 0 Å². The maximum atomic E-state index is 2.58. The predicted molar refractivity (Wildman–Crippen MR) is 61.8 cm³/mol. The van der Waals surface area contributed by atoms with Crippen molar-refractivity contribution in [1.82, 2.24) is 4.90 Å². The topological polar surface area (TPSA) is 3.24 Å². The minimum Gasteiger partial charge on any atom is -0.303 e. The Morgan fingerprint density at radius 3 is 2.57 bits per heavy atom. The largest absolute Gasteiger partial charge is 0.303 e. The van der Waals surface area contributed by atoms with Crippen molar-refractivity contribution in [2.45, 2.75) is 44.1 Å². The van der Waals surface area contributed by atoms with E-state index in [2.05, 4.69) is 19.0 Å². The number of halogens is 1. The maximum absolute atomic E-state index is 2.58. The van der Waals surface area contributed by atoms with Gasteiger partial charge in [-0.2, -0.15) is 0 Å². The Hall–Kier alpha value is 0.250. The van der Waals surface area contributed by atoms with Crippen LogP contribution in [0.5, 0.6) is 0 Å². The van der Waals surface area contributed by atoms with E-state index in [1.54, 1.807) is 12.8 Å². The molecule has 1 nitrogen and oxygen atoms in total. The van der Waals surface area contributed by atoms with Crippen molar-refractivity contribution in [1.29, 1.82) is 0 Å². The molecule has 82 valence electrons.